The van der Waals surface area contributed by atoms with Crippen LogP contribution in [0.25, 0.3) is 0 Å². The Hall–Kier alpha value is -2.69. The Bertz CT molecular complexity index is 745. The van der Waals surface area contributed by atoms with Crippen molar-refractivity contribution < 1.29 is 14.3 Å². The zero-order valence-electron chi connectivity index (χ0n) is 14.0. The summed E-state index contributed by atoms with van der Waals surface area (Å²) in [6.45, 7) is 2.69. The van der Waals surface area contributed by atoms with Crippen molar-refractivity contribution in [2.45, 2.75) is 25.9 Å². The second-order valence-electron chi connectivity index (χ2n) is 5.88. The number of carbonyl (C=O) groups is 1. The van der Waals surface area contributed by atoms with Crippen LogP contribution in [0.4, 0.5) is 11.4 Å². The summed E-state index contributed by atoms with van der Waals surface area (Å²) in [4.78, 5) is 14.7. The highest BCUT2D eigenvalue weighted by Gasteiger charge is 2.34. The summed E-state index contributed by atoms with van der Waals surface area (Å²) >= 11 is 0. The van der Waals surface area contributed by atoms with E-state index in [0.29, 0.717) is 24.4 Å². The van der Waals surface area contributed by atoms with Crippen molar-refractivity contribution in [1.29, 1.82) is 0 Å². The summed E-state index contributed by atoms with van der Waals surface area (Å²) in [5, 5.41) is 0. The van der Waals surface area contributed by atoms with Crippen molar-refractivity contribution in [2.75, 3.05) is 24.3 Å². The minimum Gasteiger partial charge on any atom is -0.497 e. The molecule has 2 aromatic carbocycles. The molecule has 5 nitrogen and oxygen atoms in total. The molecule has 0 radical (unpaired) electrons. The molecule has 126 valence electrons. The van der Waals surface area contributed by atoms with Crippen molar-refractivity contribution in [3.8, 4) is 11.5 Å². The van der Waals surface area contributed by atoms with Gasteiger partial charge in [0.2, 0.25) is 0 Å². The monoisotopic (exact) mass is 326 g/mol. The number of fused-ring (bicyclic) bond motifs is 1. The molecule has 0 saturated heterocycles. The highest BCUT2D eigenvalue weighted by Crippen LogP contribution is 2.36. The first-order valence-electron chi connectivity index (χ1n) is 8.13. The van der Waals surface area contributed by atoms with Crippen LogP contribution in [0.2, 0.25) is 0 Å². The molecule has 3 rings (SSSR count). The van der Waals surface area contributed by atoms with Gasteiger partial charge in [-0.2, -0.15) is 0 Å². The van der Waals surface area contributed by atoms with E-state index >= 15 is 0 Å². The zero-order valence-corrected chi connectivity index (χ0v) is 14.0. The van der Waals surface area contributed by atoms with Gasteiger partial charge in [0.25, 0.3) is 5.91 Å². The first kappa shape index (κ1) is 16.2. The third-order valence-electron chi connectivity index (χ3n) is 4.09. The largest absolute Gasteiger partial charge is 0.497 e. The zero-order chi connectivity index (χ0) is 17.1. The molecule has 1 amide bonds. The van der Waals surface area contributed by atoms with Gasteiger partial charge in [-0.3, -0.25) is 4.79 Å². The van der Waals surface area contributed by atoms with Crippen LogP contribution >= 0.6 is 0 Å². The molecule has 0 aromatic heterocycles. The molecule has 1 unspecified atom stereocenters. The van der Waals surface area contributed by atoms with E-state index in [1.807, 2.05) is 37.3 Å². The molecule has 0 spiro atoms. The summed E-state index contributed by atoms with van der Waals surface area (Å²) in [6, 6.07) is 13.1. The molecule has 2 N–H and O–H groups in total. The molecule has 1 atom stereocenters. The molecule has 0 bridgehead atoms. The maximum Gasteiger partial charge on any atom is 0.268 e. The number of hydrogen-bond donors (Lipinski definition) is 1. The van der Waals surface area contributed by atoms with Crippen LogP contribution in [0.3, 0.4) is 0 Å². The van der Waals surface area contributed by atoms with E-state index in [9.17, 15) is 4.79 Å². The van der Waals surface area contributed by atoms with Crippen molar-refractivity contribution in [3.05, 3.63) is 48.0 Å². The van der Waals surface area contributed by atoms with Crippen LogP contribution < -0.4 is 20.1 Å². The van der Waals surface area contributed by atoms with Gasteiger partial charge in [0.1, 0.15) is 11.5 Å². The van der Waals surface area contributed by atoms with E-state index in [-0.39, 0.29) is 5.91 Å². The number of anilines is 2. The number of nitrogens with two attached hydrogens (primary N) is 1. The number of nitrogens with zero attached hydrogens (tertiary/aromatic N) is 1. The van der Waals surface area contributed by atoms with Gasteiger partial charge in [0.05, 0.1) is 12.8 Å². The van der Waals surface area contributed by atoms with Crippen LogP contribution in [-0.4, -0.2) is 25.7 Å². The lowest BCUT2D eigenvalue weighted by molar-refractivity contribution is -0.126. The normalized spacial score (nSPS) is 16.5. The average Bonchev–Trinajstić information content (AvgIpc) is 2.59. The number of hydrogen-bond acceptors (Lipinski definition) is 4. The second kappa shape index (κ2) is 6.83. The van der Waals surface area contributed by atoms with Gasteiger partial charge in [-0.25, -0.2) is 0 Å². The number of methoxy groups -OCH3 is 1. The lowest BCUT2D eigenvalue weighted by Gasteiger charge is -2.34. The maximum atomic E-state index is 12.9. The van der Waals surface area contributed by atoms with E-state index in [1.54, 1.807) is 24.1 Å². The molecule has 1 aliphatic heterocycles. The molecule has 1 heterocycles. The third-order valence-corrected chi connectivity index (χ3v) is 4.09. The topological polar surface area (TPSA) is 64.8 Å². The maximum absolute atomic E-state index is 12.9. The van der Waals surface area contributed by atoms with Gasteiger partial charge in [-0.15, -0.1) is 0 Å². The number of rotatable bonds is 5. The van der Waals surface area contributed by atoms with E-state index < -0.39 is 6.10 Å². The van der Waals surface area contributed by atoms with Gasteiger partial charge in [0, 0.05) is 18.7 Å². The van der Waals surface area contributed by atoms with E-state index in [4.69, 9.17) is 15.2 Å². The van der Waals surface area contributed by atoms with Gasteiger partial charge < -0.3 is 20.1 Å². The van der Waals surface area contributed by atoms with Crippen LogP contribution in [0.15, 0.2) is 42.5 Å². The second-order valence-corrected chi connectivity index (χ2v) is 5.88. The Morgan fingerprint density at radius 3 is 2.83 bits per heavy atom. The Morgan fingerprint density at radius 1 is 1.25 bits per heavy atom. The SMILES string of the molecule is CCCN1C(=O)C(Cc2cccc(OC)c2)Oc2ccc(N)cc21. The summed E-state index contributed by atoms with van der Waals surface area (Å²) in [5.41, 5.74) is 8.25. The Morgan fingerprint density at radius 2 is 2.08 bits per heavy atom. The molecular weight excluding hydrogens is 304 g/mol. The van der Waals surface area contributed by atoms with Crippen molar-refractivity contribution >= 4 is 17.3 Å². The lowest BCUT2D eigenvalue weighted by Crippen LogP contribution is -2.47. The van der Waals surface area contributed by atoms with Gasteiger partial charge in [0.15, 0.2) is 6.10 Å². The third kappa shape index (κ3) is 3.15. The molecule has 0 aliphatic carbocycles. The highest BCUT2D eigenvalue weighted by molar-refractivity contribution is 6.00. The molecule has 0 saturated carbocycles. The lowest BCUT2D eigenvalue weighted by atomic mass is 10.0. The molecule has 0 fully saturated rings. The number of amides is 1. The van der Waals surface area contributed by atoms with Crippen LogP contribution in [0, 0.1) is 0 Å². The van der Waals surface area contributed by atoms with E-state index in [0.717, 1.165) is 23.4 Å². The molecule has 1 aliphatic rings. The fraction of sp³-hybridized carbons (Fsp3) is 0.316. The van der Waals surface area contributed by atoms with E-state index in [1.165, 1.54) is 0 Å². The van der Waals surface area contributed by atoms with Gasteiger partial charge in [-0.1, -0.05) is 19.1 Å². The molecule has 24 heavy (non-hydrogen) atoms. The van der Waals surface area contributed by atoms with Crippen molar-refractivity contribution in [1.82, 2.24) is 0 Å². The van der Waals surface area contributed by atoms with Gasteiger partial charge in [-0.05, 0) is 42.3 Å². The first-order valence-corrected chi connectivity index (χ1v) is 8.13. The Balaban J connectivity index is 1.89. The summed E-state index contributed by atoms with van der Waals surface area (Å²) in [6.07, 6.45) is 0.825. The van der Waals surface area contributed by atoms with Crippen LogP contribution in [0.1, 0.15) is 18.9 Å². The number of carbonyl (C=O) groups excluding carboxylic acids is 1. The molecular formula is C19H22N2O3. The Kier molecular flexibility index (Phi) is 4.60. The smallest absolute Gasteiger partial charge is 0.268 e. The molecule has 5 heteroatoms. The van der Waals surface area contributed by atoms with Crippen LogP contribution in [-0.2, 0) is 11.2 Å². The predicted molar refractivity (Wildman–Crippen MR) is 94.6 cm³/mol. The fourth-order valence-electron chi connectivity index (χ4n) is 2.94. The molecule has 2 aromatic rings. The standard InChI is InChI=1S/C19H22N2O3/c1-3-9-21-16-12-14(20)7-8-17(16)24-18(19(21)22)11-13-5-4-6-15(10-13)23-2/h4-8,10,12,18H,3,9,11,20H2,1-2H3. The summed E-state index contributed by atoms with van der Waals surface area (Å²) in [5.74, 6) is 1.44. The first-order chi connectivity index (χ1) is 11.6. The minimum atomic E-state index is -0.542. The fourth-order valence-corrected chi connectivity index (χ4v) is 2.94. The quantitative estimate of drug-likeness (QED) is 0.858. The van der Waals surface area contributed by atoms with E-state index in [2.05, 4.69) is 0 Å². The van der Waals surface area contributed by atoms with Crippen molar-refractivity contribution in [3.63, 3.8) is 0 Å². The van der Waals surface area contributed by atoms with Gasteiger partial charge >= 0.3 is 0 Å². The minimum absolute atomic E-state index is 0.0298. The Labute approximate surface area is 142 Å². The predicted octanol–water partition coefficient (Wildman–Crippen LogP) is 3.02. The number of ether oxygens (including phenoxy) is 2. The average molecular weight is 326 g/mol. The van der Waals surface area contributed by atoms with Crippen LogP contribution in [0.5, 0.6) is 11.5 Å². The summed E-state index contributed by atoms with van der Waals surface area (Å²) < 4.78 is 11.2. The summed E-state index contributed by atoms with van der Waals surface area (Å²) in [7, 11) is 1.63. The van der Waals surface area contributed by atoms with Crippen molar-refractivity contribution in [2.24, 2.45) is 0 Å². The number of nitrogen functional groups attached to an aromatic ring is 1. The number of benzene rings is 2. The highest BCUT2D eigenvalue weighted by atomic mass is 16.5.